The molecule has 1 saturated carbocycles. The van der Waals surface area contributed by atoms with E-state index in [1.807, 2.05) is 0 Å². The van der Waals surface area contributed by atoms with Crippen LogP contribution in [0.15, 0.2) is 0 Å². The lowest BCUT2D eigenvalue weighted by atomic mass is 10.1. The maximum atomic E-state index is 11.3. The third-order valence-electron chi connectivity index (χ3n) is 2.67. The van der Waals surface area contributed by atoms with E-state index in [-0.39, 0.29) is 0 Å². The van der Waals surface area contributed by atoms with Gasteiger partial charge in [-0.2, -0.15) is 0 Å². The largest absolute Gasteiger partial charge is 0.299 e. The zero-order valence-electron chi connectivity index (χ0n) is 8.52. The molecule has 0 aromatic heterocycles. The Labute approximate surface area is 76.6 Å². The molecule has 0 aromatic carbocycles. The van der Waals surface area contributed by atoms with E-state index in [4.69, 9.17) is 0 Å². The Bertz CT molecular complexity index is 169. The Balaban J connectivity index is 2.27. The lowest BCUT2D eigenvalue weighted by molar-refractivity contribution is -0.120. The van der Waals surface area contributed by atoms with E-state index < -0.39 is 8.07 Å². The van der Waals surface area contributed by atoms with Crippen molar-refractivity contribution in [3.05, 3.63) is 0 Å². The molecule has 0 spiro atoms. The Kier molecular flexibility index (Phi) is 3.10. The maximum absolute atomic E-state index is 11.3. The second kappa shape index (κ2) is 3.73. The normalized spacial score (nSPS) is 24.9. The van der Waals surface area contributed by atoms with Gasteiger partial charge in [0.2, 0.25) is 0 Å². The summed E-state index contributed by atoms with van der Waals surface area (Å²) >= 11 is 0. The monoisotopic (exact) mass is 184 g/mol. The van der Waals surface area contributed by atoms with Gasteiger partial charge in [0.1, 0.15) is 5.78 Å². The van der Waals surface area contributed by atoms with Crippen LogP contribution >= 0.6 is 0 Å². The van der Waals surface area contributed by atoms with Crippen molar-refractivity contribution >= 4 is 13.9 Å². The van der Waals surface area contributed by atoms with E-state index in [0.29, 0.717) is 11.7 Å². The van der Waals surface area contributed by atoms with E-state index in [9.17, 15) is 4.79 Å². The van der Waals surface area contributed by atoms with E-state index in [1.54, 1.807) is 0 Å². The molecule has 0 saturated heterocycles. The first-order valence-electron chi connectivity index (χ1n) is 5.02. The van der Waals surface area contributed by atoms with Crippen LogP contribution in [0, 0.1) is 5.92 Å². The van der Waals surface area contributed by atoms with Crippen molar-refractivity contribution in [1.82, 2.24) is 0 Å². The molecule has 1 aliphatic rings. The summed E-state index contributed by atoms with van der Waals surface area (Å²) in [5, 5.41) is 0. The van der Waals surface area contributed by atoms with Crippen LogP contribution in [0.5, 0.6) is 0 Å². The fourth-order valence-electron chi connectivity index (χ4n) is 1.80. The molecule has 1 nitrogen and oxygen atoms in total. The van der Waals surface area contributed by atoms with Gasteiger partial charge in [-0.15, -0.1) is 0 Å². The van der Waals surface area contributed by atoms with Crippen molar-refractivity contribution in [3.8, 4) is 0 Å². The summed E-state index contributed by atoms with van der Waals surface area (Å²) in [6.45, 7) is 7.14. The number of Topliss-reactive ketones (excluding diaryl/α,β-unsaturated/α-hetero) is 1. The van der Waals surface area contributed by atoms with Crippen molar-refractivity contribution in [2.75, 3.05) is 0 Å². The zero-order chi connectivity index (χ0) is 9.19. The summed E-state index contributed by atoms with van der Waals surface area (Å²) in [5.41, 5.74) is 0. The predicted molar refractivity (Wildman–Crippen MR) is 55.1 cm³/mol. The highest BCUT2D eigenvalue weighted by atomic mass is 28.3. The van der Waals surface area contributed by atoms with Crippen molar-refractivity contribution in [2.45, 2.75) is 51.4 Å². The quantitative estimate of drug-likeness (QED) is 0.616. The van der Waals surface area contributed by atoms with Crippen LogP contribution in [0.1, 0.15) is 25.7 Å². The zero-order valence-corrected chi connectivity index (χ0v) is 9.52. The standard InChI is InChI=1S/C10H20OSi/c1-12(2,3)8-7-9-5-4-6-10(9)11/h9H,4-8H2,1-3H3. The van der Waals surface area contributed by atoms with E-state index in [1.165, 1.54) is 18.9 Å². The smallest absolute Gasteiger partial charge is 0.135 e. The Morgan fingerprint density at radius 3 is 2.50 bits per heavy atom. The number of carbonyl (C=O) groups is 1. The van der Waals surface area contributed by atoms with Crippen LogP contribution in [-0.2, 0) is 4.79 Å². The first-order chi connectivity index (χ1) is 5.49. The highest BCUT2D eigenvalue weighted by molar-refractivity contribution is 6.76. The van der Waals surface area contributed by atoms with Gasteiger partial charge in [-0.05, 0) is 19.3 Å². The molecule has 0 radical (unpaired) electrons. The molecule has 0 heterocycles. The Morgan fingerprint density at radius 1 is 1.42 bits per heavy atom. The number of hydrogen-bond donors (Lipinski definition) is 0. The van der Waals surface area contributed by atoms with E-state index >= 15 is 0 Å². The fraction of sp³-hybridized carbons (Fsp3) is 0.900. The van der Waals surface area contributed by atoms with Gasteiger partial charge in [0, 0.05) is 20.4 Å². The van der Waals surface area contributed by atoms with Crippen LogP contribution in [0.3, 0.4) is 0 Å². The van der Waals surface area contributed by atoms with Gasteiger partial charge in [0.15, 0.2) is 0 Å². The molecule has 0 N–H and O–H groups in total. The second-order valence-electron chi connectivity index (χ2n) is 5.15. The van der Waals surface area contributed by atoms with Crippen molar-refractivity contribution in [1.29, 1.82) is 0 Å². The lowest BCUT2D eigenvalue weighted by Gasteiger charge is -2.17. The molecule has 0 bridgehead atoms. The second-order valence-corrected chi connectivity index (χ2v) is 10.8. The van der Waals surface area contributed by atoms with Gasteiger partial charge >= 0.3 is 0 Å². The third-order valence-corrected chi connectivity index (χ3v) is 4.46. The topological polar surface area (TPSA) is 17.1 Å². The molecule has 1 aliphatic carbocycles. The van der Waals surface area contributed by atoms with Crippen molar-refractivity contribution in [2.24, 2.45) is 5.92 Å². The lowest BCUT2D eigenvalue weighted by Crippen LogP contribution is -2.21. The first kappa shape index (κ1) is 9.97. The third kappa shape index (κ3) is 3.09. The van der Waals surface area contributed by atoms with Gasteiger partial charge in [-0.1, -0.05) is 25.7 Å². The number of hydrogen-bond acceptors (Lipinski definition) is 1. The summed E-state index contributed by atoms with van der Waals surface area (Å²) in [5.74, 6) is 0.977. The highest BCUT2D eigenvalue weighted by Crippen LogP contribution is 2.27. The predicted octanol–water partition coefficient (Wildman–Crippen LogP) is 3.08. The molecule has 0 amide bonds. The van der Waals surface area contributed by atoms with Gasteiger partial charge in [-0.25, -0.2) is 0 Å². The Morgan fingerprint density at radius 2 is 2.08 bits per heavy atom. The van der Waals surface area contributed by atoms with Gasteiger partial charge in [0.25, 0.3) is 0 Å². The van der Waals surface area contributed by atoms with Crippen LogP contribution < -0.4 is 0 Å². The van der Waals surface area contributed by atoms with E-state index in [2.05, 4.69) is 19.6 Å². The fourth-order valence-corrected chi connectivity index (χ4v) is 3.01. The molecular weight excluding hydrogens is 164 g/mol. The van der Waals surface area contributed by atoms with Crippen LogP contribution in [0.2, 0.25) is 25.7 Å². The first-order valence-corrected chi connectivity index (χ1v) is 8.72. The SMILES string of the molecule is C[Si](C)(C)CCC1CCCC1=O. The maximum Gasteiger partial charge on any atom is 0.135 e. The molecule has 0 aliphatic heterocycles. The van der Waals surface area contributed by atoms with Crippen molar-refractivity contribution in [3.63, 3.8) is 0 Å². The molecule has 1 unspecified atom stereocenters. The number of ketones is 1. The van der Waals surface area contributed by atoms with E-state index in [0.717, 1.165) is 12.8 Å². The molecule has 1 fully saturated rings. The van der Waals surface area contributed by atoms with Gasteiger partial charge < -0.3 is 0 Å². The molecular formula is C10H20OSi. The minimum Gasteiger partial charge on any atom is -0.299 e. The Hall–Kier alpha value is -0.113. The van der Waals surface area contributed by atoms with Crippen LogP contribution in [0.25, 0.3) is 0 Å². The van der Waals surface area contributed by atoms with Crippen molar-refractivity contribution < 1.29 is 4.79 Å². The molecule has 0 aromatic rings. The molecule has 70 valence electrons. The molecule has 1 atom stereocenters. The highest BCUT2D eigenvalue weighted by Gasteiger charge is 2.25. The average molecular weight is 184 g/mol. The molecule has 2 heteroatoms. The molecule has 1 rings (SSSR count). The summed E-state index contributed by atoms with van der Waals surface area (Å²) in [7, 11) is -0.907. The van der Waals surface area contributed by atoms with Gasteiger partial charge in [-0.3, -0.25) is 4.79 Å². The average Bonchev–Trinajstić information content (AvgIpc) is 2.29. The number of carbonyl (C=O) groups excluding carboxylic acids is 1. The van der Waals surface area contributed by atoms with Crippen LogP contribution in [-0.4, -0.2) is 13.9 Å². The minimum absolute atomic E-state index is 0.441. The summed E-state index contributed by atoms with van der Waals surface area (Å²) in [4.78, 5) is 11.3. The summed E-state index contributed by atoms with van der Waals surface area (Å²) < 4.78 is 0. The van der Waals surface area contributed by atoms with Gasteiger partial charge in [0.05, 0.1) is 0 Å². The molecule has 12 heavy (non-hydrogen) atoms. The number of rotatable bonds is 3. The van der Waals surface area contributed by atoms with Crippen LogP contribution in [0.4, 0.5) is 0 Å². The summed E-state index contributed by atoms with van der Waals surface area (Å²) in [6, 6.07) is 1.32. The minimum atomic E-state index is -0.907. The summed E-state index contributed by atoms with van der Waals surface area (Å²) in [6.07, 6.45) is 4.35.